The van der Waals surface area contributed by atoms with Crippen molar-refractivity contribution in [1.82, 2.24) is 9.88 Å². The van der Waals surface area contributed by atoms with E-state index in [2.05, 4.69) is 26.2 Å². The van der Waals surface area contributed by atoms with Crippen LogP contribution in [0, 0.1) is 6.92 Å². The fourth-order valence-electron chi connectivity index (χ4n) is 2.10. The van der Waals surface area contributed by atoms with Crippen LogP contribution in [-0.2, 0) is 6.54 Å². The zero-order valence-corrected chi connectivity index (χ0v) is 13.9. The molecule has 110 valence electrons. The topological polar surface area (TPSA) is 45.2 Å². The molecule has 0 atom stereocenters. The van der Waals surface area contributed by atoms with E-state index in [1.165, 1.54) is 0 Å². The van der Waals surface area contributed by atoms with Gasteiger partial charge in [0.1, 0.15) is 0 Å². The lowest BCUT2D eigenvalue weighted by atomic mass is 10.1. The SMILES string of the molecule is CNc1cc(C)ncc1C(=O)N(C)Cc1ccccc1Br. The van der Waals surface area contributed by atoms with E-state index in [-0.39, 0.29) is 5.91 Å². The molecule has 21 heavy (non-hydrogen) atoms. The molecule has 1 heterocycles. The number of benzene rings is 1. The van der Waals surface area contributed by atoms with Crippen molar-refractivity contribution in [3.05, 3.63) is 57.8 Å². The summed E-state index contributed by atoms with van der Waals surface area (Å²) in [5.74, 6) is -0.0531. The van der Waals surface area contributed by atoms with Gasteiger partial charge >= 0.3 is 0 Å². The fourth-order valence-corrected chi connectivity index (χ4v) is 2.51. The van der Waals surface area contributed by atoms with Gasteiger partial charge in [-0.3, -0.25) is 9.78 Å². The molecule has 0 aliphatic carbocycles. The van der Waals surface area contributed by atoms with Crippen LogP contribution in [0.1, 0.15) is 21.6 Å². The molecule has 0 aliphatic heterocycles. The number of pyridine rings is 1. The second-order valence-electron chi connectivity index (χ2n) is 4.87. The average molecular weight is 348 g/mol. The van der Waals surface area contributed by atoms with Crippen LogP contribution < -0.4 is 5.32 Å². The van der Waals surface area contributed by atoms with Crippen LogP contribution in [0.4, 0.5) is 5.69 Å². The quantitative estimate of drug-likeness (QED) is 0.920. The van der Waals surface area contributed by atoms with Gasteiger partial charge in [0.2, 0.25) is 0 Å². The second kappa shape index (κ2) is 6.72. The van der Waals surface area contributed by atoms with Crippen molar-refractivity contribution in [2.24, 2.45) is 0 Å². The predicted octanol–water partition coefficient (Wildman–Crippen LogP) is 3.47. The number of anilines is 1. The van der Waals surface area contributed by atoms with Gasteiger partial charge in [0, 0.05) is 37.0 Å². The van der Waals surface area contributed by atoms with Crippen molar-refractivity contribution in [2.45, 2.75) is 13.5 Å². The van der Waals surface area contributed by atoms with Gasteiger partial charge < -0.3 is 10.2 Å². The van der Waals surface area contributed by atoms with E-state index >= 15 is 0 Å². The van der Waals surface area contributed by atoms with Crippen molar-refractivity contribution in [3.8, 4) is 0 Å². The molecule has 2 aromatic rings. The van der Waals surface area contributed by atoms with Crippen LogP contribution >= 0.6 is 15.9 Å². The molecule has 4 nitrogen and oxygen atoms in total. The molecule has 1 amide bonds. The number of nitrogens with zero attached hydrogens (tertiary/aromatic N) is 2. The first-order valence-electron chi connectivity index (χ1n) is 6.66. The molecule has 1 aromatic carbocycles. The lowest BCUT2D eigenvalue weighted by Crippen LogP contribution is -2.27. The zero-order valence-electron chi connectivity index (χ0n) is 12.4. The first-order chi connectivity index (χ1) is 10.0. The Labute approximate surface area is 133 Å². The van der Waals surface area contributed by atoms with Crippen LogP contribution in [0.5, 0.6) is 0 Å². The lowest BCUT2D eigenvalue weighted by molar-refractivity contribution is 0.0785. The van der Waals surface area contributed by atoms with Gasteiger partial charge in [-0.05, 0) is 24.6 Å². The molecular weight excluding hydrogens is 330 g/mol. The summed E-state index contributed by atoms with van der Waals surface area (Å²) in [6, 6.07) is 9.77. The molecule has 0 spiro atoms. The van der Waals surface area contributed by atoms with E-state index in [1.54, 1.807) is 25.2 Å². The van der Waals surface area contributed by atoms with Gasteiger partial charge in [0.25, 0.3) is 5.91 Å². The molecule has 2 rings (SSSR count). The number of amides is 1. The van der Waals surface area contributed by atoms with Crippen molar-refractivity contribution in [3.63, 3.8) is 0 Å². The van der Waals surface area contributed by atoms with E-state index < -0.39 is 0 Å². The largest absolute Gasteiger partial charge is 0.387 e. The van der Waals surface area contributed by atoms with Gasteiger partial charge in [-0.25, -0.2) is 0 Å². The Bertz CT molecular complexity index is 658. The van der Waals surface area contributed by atoms with Crippen molar-refractivity contribution >= 4 is 27.5 Å². The number of halogens is 1. The average Bonchev–Trinajstić information content (AvgIpc) is 2.48. The highest BCUT2D eigenvalue weighted by Gasteiger charge is 2.17. The third kappa shape index (κ3) is 3.61. The highest BCUT2D eigenvalue weighted by molar-refractivity contribution is 9.10. The summed E-state index contributed by atoms with van der Waals surface area (Å²) in [5.41, 5.74) is 3.33. The van der Waals surface area contributed by atoms with Crippen molar-refractivity contribution < 1.29 is 4.79 Å². The van der Waals surface area contributed by atoms with Crippen LogP contribution in [-0.4, -0.2) is 29.9 Å². The summed E-state index contributed by atoms with van der Waals surface area (Å²) in [6.07, 6.45) is 1.63. The molecule has 0 fully saturated rings. The summed E-state index contributed by atoms with van der Waals surface area (Å²) >= 11 is 3.51. The van der Waals surface area contributed by atoms with E-state index in [9.17, 15) is 4.79 Å². The molecular formula is C16H18BrN3O. The Morgan fingerprint density at radius 2 is 2.10 bits per heavy atom. The first-order valence-corrected chi connectivity index (χ1v) is 7.45. The highest BCUT2D eigenvalue weighted by atomic mass is 79.9. The van der Waals surface area contributed by atoms with Crippen molar-refractivity contribution in [1.29, 1.82) is 0 Å². The number of rotatable bonds is 4. The number of hydrogen-bond donors (Lipinski definition) is 1. The summed E-state index contributed by atoms with van der Waals surface area (Å²) < 4.78 is 1.00. The van der Waals surface area contributed by atoms with E-state index in [0.29, 0.717) is 12.1 Å². The van der Waals surface area contributed by atoms with Gasteiger partial charge in [-0.15, -0.1) is 0 Å². The molecule has 0 bridgehead atoms. The van der Waals surface area contributed by atoms with Gasteiger partial charge in [0.05, 0.1) is 11.3 Å². The van der Waals surface area contributed by atoms with E-state index in [4.69, 9.17) is 0 Å². The summed E-state index contributed by atoms with van der Waals surface area (Å²) in [6.45, 7) is 2.44. The standard InChI is InChI=1S/C16H18BrN3O/c1-11-8-15(18-2)13(9-19-11)16(21)20(3)10-12-6-4-5-7-14(12)17/h4-9H,10H2,1-3H3,(H,18,19). The summed E-state index contributed by atoms with van der Waals surface area (Å²) in [4.78, 5) is 18.5. The molecule has 5 heteroatoms. The maximum absolute atomic E-state index is 12.6. The maximum atomic E-state index is 12.6. The zero-order chi connectivity index (χ0) is 15.4. The smallest absolute Gasteiger partial charge is 0.257 e. The number of aromatic nitrogens is 1. The Hall–Kier alpha value is -1.88. The molecule has 0 radical (unpaired) electrons. The normalized spacial score (nSPS) is 10.3. The number of carbonyl (C=O) groups is 1. The minimum absolute atomic E-state index is 0.0531. The molecule has 1 N–H and O–H groups in total. The number of aryl methyl sites for hydroxylation is 1. The number of hydrogen-bond acceptors (Lipinski definition) is 3. The minimum Gasteiger partial charge on any atom is -0.387 e. The molecule has 0 saturated carbocycles. The Morgan fingerprint density at radius 3 is 2.76 bits per heavy atom. The summed E-state index contributed by atoms with van der Waals surface area (Å²) in [7, 11) is 3.60. The lowest BCUT2D eigenvalue weighted by Gasteiger charge is -2.19. The first kappa shape index (κ1) is 15.5. The van der Waals surface area contributed by atoms with E-state index in [0.717, 1.165) is 21.4 Å². The maximum Gasteiger partial charge on any atom is 0.257 e. The molecule has 0 saturated heterocycles. The monoisotopic (exact) mass is 347 g/mol. The molecule has 1 aromatic heterocycles. The molecule has 0 aliphatic rings. The fraction of sp³-hybridized carbons (Fsp3) is 0.250. The summed E-state index contributed by atoms with van der Waals surface area (Å²) in [5, 5.41) is 3.05. The van der Waals surface area contributed by atoms with Crippen LogP contribution in [0.2, 0.25) is 0 Å². The molecule has 0 unspecified atom stereocenters. The minimum atomic E-state index is -0.0531. The second-order valence-corrected chi connectivity index (χ2v) is 5.73. The van der Waals surface area contributed by atoms with Gasteiger partial charge in [-0.1, -0.05) is 34.1 Å². The van der Waals surface area contributed by atoms with Gasteiger partial charge in [0.15, 0.2) is 0 Å². The van der Waals surface area contributed by atoms with Gasteiger partial charge in [-0.2, -0.15) is 0 Å². The highest BCUT2D eigenvalue weighted by Crippen LogP contribution is 2.20. The van der Waals surface area contributed by atoms with E-state index in [1.807, 2.05) is 37.3 Å². The Balaban J connectivity index is 2.22. The predicted molar refractivity (Wildman–Crippen MR) is 88.5 cm³/mol. The van der Waals surface area contributed by atoms with Crippen LogP contribution in [0.3, 0.4) is 0 Å². The number of nitrogens with one attached hydrogen (secondary N) is 1. The van der Waals surface area contributed by atoms with Crippen molar-refractivity contribution in [2.75, 3.05) is 19.4 Å². The third-order valence-corrected chi connectivity index (χ3v) is 4.03. The third-order valence-electron chi connectivity index (χ3n) is 3.25. The Morgan fingerprint density at radius 1 is 1.38 bits per heavy atom. The van der Waals surface area contributed by atoms with Crippen LogP contribution in [0.25, 0.3) is 0 Å². The number of carbonyl (C=O) groups excluding carboxylic acids is 1. The van der Waals surface area contributed by atoms with Crippen LogP contribution in [0.15, 0.2) is 41.0 Å². The Kier molecular flexibility index (Phi) is 4.96.